The SMILES string of the molecule is [C-]#[N+]c1cc2oc3cc(-c4cccc[n+]4C)c(C)cc3c2cc1C. The molecule has 0 atom stereocenters. The predicted octanol–water partition coefficient (Wildman–Crippen LogP) is 5.25. The van der Waals surface area contributed by atoms with Crippen LogP contribution in [0.25, 0.3) is 38.0 Å². The monoisotopic (exact) mass is 313 g/mol. The molecule has 2 aromatic carbocycles. The minimum atomic E-state index is 0.646. The first-order valence-electron chi connectivity index (χ1n) is 7.88. The van der Waals surface area contributed by atoms with Gasteiger partial charge in [-0.1, -0.05) is 6.07 Å². The van der Waals surface area contributed by atoms with Gasteiger partial charge in [0.2, 0.25) is 5.69 Å². The van der Waals surface area contributed by atoms with Crippen molar-refractivity contribution in [2.75, 3.05) is 0 Å². The molecule has 0 aliphatic rings. The van der Waals surface area contributed by atoms with Gasteiger partial charge in [0.25, 0.3) is 0 Å². The highest BCUT2D eigenvalue weighted by Crippen LogP contribution is 2.36. The number of benzene rings is 2. The van der Waals surface area contributed by atoms with Gasteiger partial charge in [-0.25, -0.2) is 9.41 Å². The number of rotatable bonds is 1. The van der Waals surface area contributed by atoms with Gasteiger partial charge in [-0.05, 0) is 49.2 Å². The first kappa shape index (κ1) is 14.5. The number of furan rings is 1. The van der Waals surface area contributed by atoms with Gasteiger partial charge < -0.3 is 4.42 Å². The zero-order chi connectivity index (χ0) is 16.8. The van der Waals surface area contributed by atoms with E-state index in [2.05, 4.69) is 40.6 Å². The Kier molecular flexibility index (Phi) is 3.14. The van der Waals surface area contributed by atoms with Gasteiger partial charge >= 0.3 is 0 Å². The third kappa shape index (κ3) is 2.08. The summed E-state index contributed by atoms with van der Waals surface area (Å²) in [5.41, 5.74) is 6.77. The Morgan fingerprint density at radius 2 is 1.67 bits per heavy atom. The molecule has 0 amide bonds. The van der Waals surface area contributed by atoms with Crippen LogP contribution in [0.5, 0.6) is 0 Å². The zero-order valence-electron chi connectivity index (χ0n) is 13.9. The van der Waals surface area contributed by atoms with E-state index in [1.54, 1.807) is 0 Å². The van der Waals surface area contributed by atoms with E-state index >= 15 is 0 Å². The van der Waals surface area contributed by atoms with Crippen molar-refractivity contribution in [3.63, 3.8) is 0 Å². The third-order valence-corrected chi connectivity index (χ3v) is 4.59. The van der Waals surface area contributed by atoms with E-state index in [0.29, 0.717) is 5.69 Å². The molecule has 3 nitrogen and oxygen atoms in total. The Labute approximate surface area is 140 Å². The summed E-state index contributed by atoms with van der Waals surface area (Å²) in [5, 5.41) is 2.17. The lowest BCUT2D eigenvalue weighted by Gasteiger charge is -2.04. The van der Waals surface area contributed by atoms with Gasteiger partial charge in [0.15, 0.2) is 11.9 Å². The van der Waals surface area contributed by atoms with Gasteiger partial charge in [-0.3, -0.25) is 0 Å². The lowest BCUT2D eigenvalue weighted by molar-refractivity contribution is -0.660. The summed E-state index contributed by atoms with van der Waals surface area (Å²) >= 11 is 0. The Morgan fingerprint density at radius 3 is 2.38 bits per heavy atom. The highest BCUT2D eigenvalue weighted by atomic mass is 16.3. The van der Waals surface area contributed by atoms with Crippen LogP contribution >= 0.6 is 0 Å². The van der Waals surface area contributed by atoms with E-state index in [9.17, 15) is 0 Å². The summed E-state index contributed by atoms with van der Waals surface area (Å²) in [6.45, 7) is 11.4. The molecule has 2 heterocycles. The number of nitrogens with zero attached hydrogens (tertiary/aromatic N) is 2. The largest absolute Gasteiger partial charge is 0.457 e. The average molecular weight is 313 g/mol. The molecule has 0 N–H and O–H groups in total. The number of hydrogen-bond acceptors (Lipinski definition) is 1. The van der Waals surface area contributed by atoms with Crippen LogP contribution in [0.4, 0.5) is 5.69 Å². The lowest BCUT2D eigenvalue weighted by atomic mass is 10.0. The summed E-state index contributed by atoms with van der Waals surface area (Å²) in [6, 6.07) is 14.4. The molecule has 0 fully saturated rings. The summed E-state index contributed by atoms with van der Waals surface area (Å²) in [6.07, 6.45) is 2.04. The molecule has 0 bridgehead atoms. The van der Waals surface area contributed by atoms with Crippen LogP contribution < -0.4 is 4.57 Å². The van der Waals surface area contributed by atoms with E-state index in [4.69, 9.17) is 11.0 Å². The van der Waals surface area contributed by atoms with E-state index in [1.807, 2.05) is 38.4 Å². The molecular weight excluding hydrogens is 296 g/mol. The molecule has 0 radical (unpaired) electrons. The van der Waals surface area contributed by atoms with Crippen LogP contribution in [0.2, 0.25) is 0 Å². The second-order valence-electron chi connectivity index (χ2n) is 6.21. The molecule has 0 spiro atoms. The minimum Gasteiger partial charge on any atom is -0.457 e. The molecule has 0 saturated carbocycles. The van der Waals surface area contributed by atoms with E-state index in [0.717, 1.165) is 38.8 Å². The van der Waals surface area contributed by atoms with E-state index in [-0.39, 0.29) is 0 Å². The number of pyridine rings is 1. The van der Waals surface area contributed by atoms with Crippen molar-refractivity contribution in [1.29, 1.82) is 0 Å². The van der Waals surface area contributed by atoms with Gasteiger partial charge in [-0.15, -0.1) is 0 Å². The number of hydrogen-bond donors (Lipinski definition) is 0. The van der Waals surface area contributed by atoms with Crippen LogP contribution in [-0.2, 0) is 7.05 Å². The maximum Gasteiger partial charge on any atom is 0.212 e. The fourth-order valence-corrected chi connectivity index (χ4v) is 3.27. The van der Waals surface area contributed by atoms with Crippen molar-refractivity contribution in [1.82, 2.24) is 0 Å². The molecule has 4 aromatic rings. The third-order valence-electron chi connectivity index (χ3n) is 4.59. The summed E-state index contributed by atoms with van der Waals surface area (Å²) in [4.78, 5) is 3.57. The summed E-state index contributed by atoms with van der Waals surface area (Å²) in [7, 11) is 2.04. The van der Waals surface area contributed by atoms with Gasteiger partial charge in [0.05, 0.1) is 12.1 Å². The van der Waals surface area contributed by atoms with Gasteiger partial charge in [0.1, 0.15) is 18.2 Å². The molecule has 24 heavy (non-hydrogen) atoms. The topological polar surface area (TPSA) is 21.4 Å². The zero-order valence-corrected chi connectivity index (χ0v) is 13.9. The van der Waals surface area contributed by atoms with Gasteiger partial charge in [-0.2, -0.15) is 0 Å². The second-order valence-corrected chi connectivity index (χ2v) is 6.21. The van der Waals surface area contributed by atoms with Gasteiger partial charge in [0, 0.05) is 22.9 Å². The molecule has 0 aliphatic heterocycles. The Morgan fingerprint density at radius 1 is 0.958 bits per heavy atom. The van der Waals surface area contributed by atoms with E-state index in [1.165, 1.54) is 5.56 Å². The smallest absolute Gasteiger partial charge is 0.212 e. The molecule has 4 rings (SSSR count). The molecule has 0 aliphatic carbocycles. The molecular formula is C21H17N2O+. The van der Waals surface area contributed by atoms with Crippen LogP contribution in [-0.4, -0.2) is 0 Å². The van der Waals surface area contributed by atoms with Crippen molar-refractivity contribution in [3.05, 3.63) is 71.2 Å². The maximum absolute atomic E-state index is 7.28. The average Bonchev–Trinajstić information content (AvgIpc) is 2.90. The minimum absolute atomic E-state index is 0.646. The molecule has 116 valence electrons. The fourth-order valence-electron chi connectivity index (χ4n) is 3.27. The van der Waals surface area contributed by atoms with Crippen LogP contribution in [0.15, 0.2) is 53.1 Å². The number of aromatic nitrogens is 1. The summed E-state index contributed by atoms with van der Waals surface area (Å²) in [5.74, 6) is 0. The van der Waals surface area contributed by atoms with Crippen LogP contribution in [0.1, 0.15) is 11.1 Å². The first-order valence-corrected chi connectivity index (χ1v) is 7.88. The van der Waals surface area contributed by atoms with Crippen molar-refractivity contribution in [2.45, 2.75) is 13.8 Å². The Bertz CT molecular complexity index is 1150. The Balaban J connectivity index is 2.04. The first-order chi connectivity index (χ1) is 11.6. The molecule has 3 heteroatoms. The quantitative estimate of drug-likeness (QED) is 0.347. The Hall–Kier alpha value is -3.12. The van der Waals surface area contributed by atoms with Crippen molar-refractivity contribution in [2.24, 2.45) is 7.05 Å². The highest BCUT2D eigenvalue weighted by Gasteiger charge is 2.16. The maximum atomic E-state index is 7.28. The normalized spacial score (nSPS) is 11.1. The lowest BCUT2D eigenvalue weighted by Crippen LogP contribution is -2.30. The second kappa shape index (κ2) is 5.21. The standard InChI is InChI=1S/C21H17N2O/c1-13-9-16-17-10-14(2)18(22-3)12-21(17)24-20(16)11-15(13)19-7-5-6-8-23(19)4/h5-12H,1-2,4H3/q+1. The highest BCUT2D eigenvalue weighted by molar-refractivity contribution is 6.07. The van der Waals surface area contributed by atoms with Crippen LogP contribution in [0.3, 0.4) is 0 Å². The molecule has 0 unspecified atom stereocenters. The summed E-state index contributed by atoms with van der Waals surface area (Å²) < 4.78 is 8.16. The van der Waals surface area contributed by atoms with Crippen molar-refractivity contribution >= 4 is 27.6 Å². The number of fused-ring (bicyclic) bond motifs is 3. The predicted molar refractivity (Wildman–Crippen MR) is 96.1 cm³/mol. The van der Waals surface area contributed by atoms with Crippen molar-refractivity contribution in [3.8, 4) is 11.3 Å². The van der Waals surface area contributed by atoms with Crippen molar-refractivity contribution < 1.29 is 8.98 Å². The molecule has 2 aromatic heterocycles. The number of aryl methyl sites for hydroxylation is 3. The van der Waals surface area contributed by atoms with Crippen LogP contribution in [0, 0.1) is 20.4 Å². The fraction of sp³-hybridized carbons (Fsp3) is 0.143. The van der Waals surface area contributed by atoms with E-state index < -0.39 is 0 Å². The molecule has 0 saturated heterocycles.